The summed E-state index contributed by atoms with van der Waals surface area (Å²) >= 11 is 0. The summed E-state index contributed by atoms with van der Waals surface area (Å²) in [4.78, 5) is 0. The predicted octanol–water partition coefficient (Wildman–Crippen LogP) is 0.579. The molecule has 0 bridgehead atoms. The zero-order valence-electron chi connectivity index (χ0n) is 11.3. The fourth-order valence-corrected chi connectivity index (χ4v) is 2.03. The smallest absolute Gasteiger partial charge is 0.469 e. The maximum atomic E-state index is 5.62. The van der Waals surface area contributed by atoms with Crippen molar-refractivity contribution in [1.82, 2.24) is 0 Å². The van der Waals surface area contributed by atoms with E-state index in [9.17, 15) is 0 Å². The van der Waals surface area contributed by atoms with Crippen molar-refractivity contribution in [3.63, 3.8) is 0 Å². The quantitative estimate of drug-likeness (QED) is 0.429. The van der Waals surface area contributed by atoms with Gasteiger partial charge >= 0.3 is 18.9 Å². The third kappa shape index (κ3) is 3.29. The maximum Gasteiger partial charge on any atom is 1.00 e. The zero-order chi connectivity index (χ0) is 12.1. The standard InChI is InChI=1S/C15H17O2.Li/c1-3-6-12-7-4-8-13-9-5-10-14(15(12)13)17-11-16-2;/h5,7-10H,3,6,11H2,1-2H3;/q-1;+1. The molecular weight excluding hydrogens is 219 g/mol. The molecule has 2 rings (SSSR count). The Hall–Kier alpha value is -0.943. The van der Waals surface area contributed by atoms with Crippen molar-refractivity contribution in [3.8, 4) is 5.75 Å². The number of fused-ring (bicyclic) bond motifs is 1. The number of methoxy groups -OCH3 is 1. The van der Waals surface area contributed by atoms with Crippen LogP contribution in [-0.4, -0.2) is 13.9 Å². The van der Waals surface area contributed by atoms with Gasteiger partial charge in [0, 0.05) is 7.11 Å². The van der Waals surface area contributed by atoms with Crippen LogP contribution >= 0.6 is 0 Å². The molecule has 0 saturated carbocycles. The van der Waals surface area contributed by atoms with E-state index >= 15 is 0 Å². The van der Waals surface area contributed by atoms with Gasteiger partial charge in [-0.25, -0.2) is 0 Å². The van der Waals surface area contributed by atoms with Crippen LogP contribution in [0.5, 0.6) is 5.75 Å². The first-order chi connectivity index (χ1) is 8.36. The molecule has 0 N–H and O–H groups in total. The molecule has 0 aliphatic heterocycles. The number of rotatable bonds is 5. The van der Waals surface area contributed by atoms with E-state index in [4.69, 9.17) is 9.47 Å². The maximum absolute atomic E-state index is 5.62. The number of hydrogen-bond donors (Lipinski definition) is 0. The Balaban J connectivity index is 0.00000162. The molecule has 0 spiro atoms. The van der Waals surface area contributed by atoms with Crippen LogP contribution in [-0.2, 0) is 11.2 Å². The third-order valence-corrected chi connectivity index (χ3v) is 2.73. The van der Waals surface area contributed by atoms with Crippen molar-refractivity contribution >= 4 is 10.8 Å². The van der Waals surface area contributed by atoms with Gasteiger partial charge in [0.15, 0.2) is 6.79 Å². The van der Waals surface area contributed by atoms with Gasteiger partial charge in [0.25, 0.3) is 0 Å². The van der Waals surface area contributed by atoms with Crippen LogP contribution in [0.1, 0.15) is 18.9 Å². The number of hydrogen-bond acceptors (Lipinski definition) is 2. The van der Waals surface area contributed by atoms with Crippen LogP contribution in [0, 0.1) is 6.07 Å². The molecule has 0 atom stereocenters. The summed E-state index contributed by atoms with van der Waals surface area (Å²) in [6, 6.07) is 13.3. The van der Waals surface area contributed by atoms with E-state index in [1.807, 2.05) is 24.3 Å². The predicted molar refractivity (Wildman–Crippen MR) is 69.3 cm³/mol. The van der Waals surface area contributed by atoms with Crippen LogP contribution < -0.4 is 23.6 Å². The fraction of sp³-hybridized carbons (Fsp3) is 0.333. The summed E-state index contributed by atoms with van der Waals surface area (Å²) < 4.78 is 10.6. The van der Waals surface area contributed by atoms with E-state index in [2.05, 4.69) is 19.1 Å². The molecule has 2 aromatic rings. The topological polar surface area (TPSA) is 18.5 Å². The van der Waals surface area contributed by atoms with Crippen molar-refractivity contribution in [2.75, 3.05) is 13.9 Å². The second kappa shape index (κ2) is 7.48. The van der Waals surface area contributed by atoms with Gasteiger partial charge in [-0.05, 0) is 6.07 Å². The van der Waals surface area contributed by atoms with Crippen LogP contribution in [0.3, 0.4) is 0 Å². The SMILES string of the molecule is CCCc1c[c-]cc2cccc(OCOC)c12.[Li+]. The molecule has 0 heterocycles. The molecule has 0 radical (unpaired) electrons. The Morgan fingerprint density at radius 2 is 2.06 bits per heavy atom. The first-order valence-corrected chi connectivity index (χ1v) is 5.90. The minimum Gasteiger partial charge on any atom is -0.469 e. The Morgan fingerprint density at radius 1 is 1.22 bits per heavy atom. The summed E-state index contributed by atoms with van der Waals surface area (Å²) in [5.41, 5.74) is 1.29. The van der Waals surface area contributed by atoms with Gasteiger partial charge in [-0.1, -0.05) is 31.2 Å². The molecule has 3 heteroatoms. The fourth-order valence-electron chi connectivity index (χ4n) is 2.03. The summed E-state index contributed by atoms with van der Waals surface area (Å²) in [5, 5.41) is 2.36. The molecule has 0 amide bonds. The second-order valence-electron chi connectivity index (χ2n) is 4.00. The molecule has 90 valence electrons. The van der Waals surface area contributed by atoms with Gasteiger partial charge < -0.3 is 9.47 Å². The van der Waals surface area contributed by atoms with Crippen molar-refractivity contribution < 1.29 is 28.3 Å². The van der Waals surface area contributed by atoms with Gasteiger partial charge in [-0.3, -0.25) is 0 Å². The molecule has 2 aromatic carbocycles. The van der Waals surface area contributed by atoms with Crippen molar-refractivity contribution in [1.29, 1.82) is 0 Å². The Labute approximate surface area is 120 Å². The van der Waals surface area contributed by atoms with Crippen molar-refractivity contribution in [3.05, 3.63) is 42.0 Å². The van der Waals surface area contributed by atoms with Gasteiger partial charge in [0.1, 0.15) is 5.75 Å². The molecule has 0 aliphatic rings. The first kappa shape index (κ1) is 15.1. The monoisotopic (exact) mass is 236 g/mol. The molecule has 0 fully saturated rings. The minimum atomic E-state index is 0. The van der Waals surface area contributed by atoms with E-state index in [1.54, 1.807) is 7.11 Å². The molecule has 0 saturated heterocycles. The number of aryl methyl sites for hydroxylation is 1. The summed E-state index contributed by atoms with van der Waals surface area (Å²) in [6.45, 7) is 2.46. The number of benzene rings is 2. The van der Waals surface area contributed by atoms with Gasteiger partial charge in [-0.15, -0.1) is 17.0 Å². The van der Waals surface area contributed by atoms with Gasteiger partial charge in [0.2, 0.25) is 0 Å². The number of ether oxygens (including phenoxy) is 2. The van der Waals surface area contributed by atoms with E-state index < -0.39 is 0 Å². The first-order valence-electron chi connectivity index (χ1n) is 5.90. The average molecular weight is 236 g/mol. The van der Waals surface area contributed by atoms with Crippen molar-refractivity contribution in [2.45, 2.75) is 19.8 Å². The summed E-state index contributed by atoms with van der Waals surface area (Å²) in [5.74, 6) is 0.891. The van der Waals surface area contributed by atoms with Crippen LogP contribution in [0.25, 0.3) is 10.8 Å². The van der Waals surface area contributed by atoms with Gasteiger partial charge in [-0.2, -0.15) is 18.2 Å². The Kier molecular flexibility index (Phi) is 6.28. The van der Waals surface area contributed by atoms with E-state index in [1.165, 1.54) is 16.3 Å². The van der Waals surface area contributed by atoms with E-state index in [0.29, 0.717) is 0 Å². The van der Waals surface area contributed by atoms with Crippen molar-refractivity contribution in [2.24, 2.45) is 0 Å². The largest absolute Gasteiger partial charge is 1.00 e. The molecule has 0 aromatic heterocycles. The Morgan fingerprint density at radius 3 is 2.78 bits per heavy atom. The third-order valence-electron chi connectivity index (χ3n) is 2.73. The molecule has 18 heavy (non-hydrogen) atoms. The molecule has 0 aliphatic carbocycles. The van der Waals surface area contributed by atoms with Gasteiger partial charge in [0.05, 0.1) is 0 Å². The molecule has 2 nitrogen and oxygen atoms in total. The summed E-state index contributed by atoms with van der Waals surface area (Å²) in [6.07, 6.45) is 2.16. The normalized spacial score (nSPS) is 10.1. The second-order valence-corrected chi connectivity index (χ2v) is 4.00. The van der Waals surface area contributed by atoms with E-state index in [0.717, 1.165) is 18.6 Å². The zero-order valence-corrected chi connectivity index (χ0v) is 11.3. The summed E-state index contributed by atoms with van der Waals surface area (Å²) in [7, 11) is 1.63. The molecular formula is C15H17LiO2. The minimum absolute atomic E-state index is 0. The van der Waals surface area contributed by atoms with Crippen LogP contribution in [0.2, 0.25) is 0 Å². The van der Waals surface area contributed by atoms with Crippen LogP contribution in [0.15, 0.2) is 30.3 Å². The Bertz CT molecular complexity index is 492. The van der Waals surface area contributed by atoms with Crippen LogP contribution in [0.4, 0.5) is 0 Å². The van der Waals surface area contributed by atoms with E-state index in [-0.39, 0.29) is 25.7 Å². The average Bonchev–Trinajstić information content (AvgIpc) is 2.37. The molecule has 0 unspecified atom stereocenters.